The van der Waals surface area contributed by atoms with Gasteiger partial charge in [0, 0.05) is 44.1 Å². The second-order valence-corrected chi connectivity index (χ2v) is 7.08. The highest BCUT2D eigenvalue weighted by molar-refractivity contribution is 5.99. The van der Waals surface area contributed by atoms with Gasteiger partial charge < -0.3 is 19.5 Å². The molecule has 3 rings (SSSR count). The molecule has 0 unspecified atom stereocenters. The highest BCUT2D eigenvalue weighted by Gasteiger charge is 2.62. The van der Waals surface area contributed by atoms with E-state index in [2.05, 4.69) is 4.57 Å². The third-order valence-corrected chi connectivity index (χ3v) is 5.84. The summed E-state index contributed by atoms with van der Waals surface area (Å²) in [6.07, 6.45) is 0. The van der Waals surface area contributed by atoms with E-state index in [0.717, 1.165) is 17.9 Å². The van der Waals surface area contributed by atoms with Gasteiger partial charge in [-0.1, -0.05) is 0 Å². The molecule has 2 atom stereocenters. The van der Waals surface area contributed by atoms with Crippen LogP contribution >= 0.6 is 0 Å². The maximum atomic E-state index is 13.0. The Bertz CT molecular complexity index is 754. The van der Waals surface area contributed by atoms with E-state index in [1.165, 1.54) is 0 Å². The normalized spacial score (nSPS) is 25.6. The van der Waals surface area contributed by atoms with Crippen molar-refractivity contribution < 1.29 is 19.5 Å². The number of aryl methyl sites for hydroxylation is 1. The van der Waals surface area contributed by atoms with Crippen molar-refractivity contribution in [3.05, 3.63) is 23.0 Å². The molecule has 0 spiro atoms. The van der Waals surface area contributed by atoms with Crippen LogP contribution in [-0.4, -0.2) is 63.4 Å². The number of hydrogen-bond donors (Lipinski definition) is 1. The number of nitrogens with zero attached hydrogens (tertiary/aromatic N) is 3. The molecule has 1 aromatic heterocycles. The smallest absolute Gasteiger partial charge is 0.314 e. The Kier molecular flexibility index (Phi) is 4.13. The van der Waals surface area contributed by atoms with E-state index >= 15 is 0 Å². The molecule has 2 aliphatic rings. The van der Waals surface area contributed by atoms with Crippen LogP contribution in [0.15, 0.2) is 6.07 Å². The van der Waals surface area contributed by atoms with Gasteiger partial charge in [-0.3, -0.25) is 14.4 Å². The number of hydrogen-bond acceptors (Lipinski definition) is 3. The number of amides is 2. The number of rotatable bonds is 4. The Morgan fingerprint density at radius 2 is 1.92 bits per heavy atom. The number of fused-ring (bicyclic) bond motifs is 1. The summed E-state index contributed by atoms with van der Waals surface area (Å²) in [7, 11) is 0. The van der Waals surface area contributed by atoms with Gasteiger partial charge in [-0.25, -0.2) is 0 Å². The average molecular weight is 347 g/mol. The molecule has 1 aromatic rings. The third kappa shape index (κ3) is 2.36. The van der Waals surface area contributed by atoms with Gasteiger partial charge >= 0.3 is 5.97 Å². The lowest BCUT2D eigenvalue weighted by Crippen LogP contribution is -2.42. The van der Waals surface area contributed by atoms with Crippen LogP contribution in [-0.2, 0) is 16.1 Å². The number of aliphatic carboxylic acids is 1. The minimum atomic E-state index is -1.18. The summed E-state index contributed by atoms with van der Waals surface area (Å²) in [4.78, 5) is 40.6. The van der Waals surface area contributed by atoms with Crippen LogP contribution in [0.25, 0.3) is 0 Å². The van der Waals surface area contributed by atoms with E-state index in [1.54, 1.807) is 9.80 Å². The molecule has 2 saturated heterocycles. The average Bonchev–Trinajstić information content (AvgIpc) is 3.17. The van der Waals surface area contributed by atoms with E-state index in [0.29, 0.717) is 12.1 Å². The predicted octanol–water partition coefficient (Wildman–Crippen LogP) is 1.13. The molecule has 0 aliphatic carbocycles. The number of carboxylic acid groups (broad SMARTS) is 1. The Morgan fingerprint density at radius 3 is 2.40 bits per heavy atom. The molecular weight excluding hydrogens is 322 g/mol. The molecule has 136 valence electrons. The fourth-order valence-electron chi connectivity index (χ4n) is 4.41. The van der Waals surface area contributed by atoms with Crippen molar-refractivity contribution in [3.8, 4) is 0 Å². The van der Waals surface area contributed by atoms with Crippen molar-refractivity contribution in [2.24, 2.45) is 11.3 Å². The molecule has 7 nitrogen and oxygen atoms in total. The van der Waals surface area contributed by atoms with E-state index in [1.807, 2.05) is 33.8 Å². The second-order valence-electron chi connectivity index (χ2n) is 7.08. The molecule has 0 bridgehead atoms. The number of carbonyl (C=O) groups is 3. The zero-order valence-corrected chi connectivity index (χ0v) is 15.2. The van der Waals surface area contributed by atoms with Crippen LogP contribution in [0.2, 0.25) is 0 Å². The van der Waals surface area contributed by atoms with E-state index < -0.39 is 17.3 Å². The minimum absolute atomic E-state index is 0.0872. The van der Waals surface area contributed by atoms with Crippen molar-refractivity contribution in [3.63, 3.8) is 0 Å². The van der Waals surface area contributed by atoms with Crippen LogP contribution < -0.4 is 0 Å². The molecule has 0 saturated carbocycles. The zero-order valence-electron chi connectivity index (χ0n) is 15.2. The molecule has 25 heavy (non-hydrogen) atoms. The lowest BCUT2D eigenvalue weighted by atomic mass is 9.81. The standard InChI is InChI=1S/C18H25N3O4/c1-5-19-9-18(17(24)25)10-20(8-14(18)16(19)23)15(22)13-7-11(3)21(6-2)12(13)4/h7,14H,5-6,8-10H2,1-4H3,(H,24,25)/t14-,18+/m0/s1. The van der Waals surface area contributed by atoms with Crippen molar-refractivity contribution in [2.75, 3.05) is 26.2 Å². The van der Waals surface area contributed by atoms with E-state index in [4.69, 9.17) is 0 Å². The Labute approximate surface area is 147 Å². The highest BCUT2D eigenvalue weighted by Crippen LogP contribution is 2.44. The van der Waals surface area contributed by atoms with Crippen LogP contribution in [0.4, 0.5) is 0 Å². The predicted molar refractivity (Wildman–Crippen MR) is 91.3 cm³/mol. The SMILES string of the molecule is CCN1C[C@@]2(C(=O)O)CN(C(=O)c3cc(C)n(CC)c3C)C[C@H]2C1=O. The first-order chi connectivity index (χ1) is 11.8. The van der Waals surface area contributed by atoms with Gasteiger partial charge in [-0.05, 0) is 33.8 Å². The van der Waals surface area contributed by atoms with Gasteiger partial charge in [0.15, 0.2) is 0 Å². The van der Waals surface area contributed by atoms with Crippen LogP contribution in [0.1, 0.15) is 35.6 Å². The zero-order chi connectivity index (χ0) is 18.5. The fourth-order valence-corrected chi connectivity index (χ4v) is 4.41. The molecule has 1 N–H and O–H groups in total. The molecular formula is C18H25N3O4. The molecule has 0 radical (unpaired) electrons. The summed E-state index contributed by atoms with van der Waals surface area (Å²) < 4.78 is 2.06. The Balaban J connectivity index is 1.91. The van der Waals surface area contributed by atoms with Gasteiger partial charge in [0.1, 0.15) is 5.41 Å². The molecule has 2 amide bonds. The largest absolute Gasteiger partial charge is 0.481 e. The van der Waals surface area contributed by atoms with Gasteiger partial charge in [-0.15, -0.1) is 0 Å². The van der Waals surface area contributed by atoms with Crippen LogP contribution in [0, 0.1) is 25.2 Å². The van der Waals surface area contributed by atoms with E-state index in [9.17, 15) is 19.5 Å². The minimum Gasteiger partial charge on any atom is -0.481 e. The highest BCUT2D eigenvalue weighted by atomic mass is 16.4. The molecule has 0 aromatic carbocycles. The third-order valence-electron chi connectivity index (χ3n) is 5.84. The van der Waals surface area contributed by atoms with Crippen LogP contribution in [0.3, 0.4) is 0 Å². The van der Waals surface area contributed by atoms with Gasteiger partial charge in [0.05, 0.1) is 11.5 Å². The topological polar surface area (TPSA) is 82.8 Å². The molecule has 2 aliphatic heterocycles. The Morgan fingerprint density at radius 1 is 1.24 bits per heavy atom. The Hall–Kier alpha value is -2.31. The first-order valence-corrected chi connectivity index (χ1v) is 8.75. The van der Waals surface area contributed by atoms with E-state index in [-0.39, 0.29) is 31.4 Å². The summed E-state index contributed by atoms with van der Waals surface area (Å²) in [6.45, 7) is 9.43. The fraction of sp³-hybridized carbons (Fsp3) is 0.611. The lowest BCUT2D eigenvalue weighted by Gasteiger charge is -2.24. The van der Waals surface area contributed by atoms with Gasteiger partial charge in [0.25, 0.3) is 5.91 Å². The summed E-state index contributed by atoms with van der Waals surface area (Å²) >= 11 is 0. The van der Waals surface area contributed by atoms with Crippen molar-refractivity contribution in [1.82, 2.24) is 14.4 Å². The van der Waals surface area contributed by atoms with Crippen molar-refractivity contribution in [1.29, 1.82) is 0 Å². The first kappa shape index (κ1) is 17.5. The molecule has 2 fully saturated rings. The summed E-state index contributed by atoms with van der Waals surface area (Å²) in [5.74, 6) is -1.97. The number of aromatic nitrogens is 1. The second kappa shape index (κ2) is 5.89. The number of likely N-dealkylation sites (tertiary alicyclic amines) is 2. The van der Waals surface area contributed by atoms with Crippen molar-refractivity contribution >= 4 is 17.8 Å². The van der Waals surface area contributed by atoms with Crippen molar-refractivity contribution in [2.45, 2.75) is 34.2 Å². The quantitative estimate of drug-likeness (QED) is 0.885. The maximum absolute atomic E-state index is 13.0. The summed E-state index contributed by atoms with van der Waals surface area (Å²) in [6, 6.07) is 1.85. The molecule has 3 heterocycles. The maximum Gasteiger partial charge on any atom is 0.314 e. The van der Waals surface area contributed by atoms with Gasteiger partial charge in [-0.2, -0.15) is 0 Å². The summed E-state index contributed by atoms with van der Waals surface area (Å²) in [5, 5.41) is 9.80. The first-order valence-electron chi connectivity index (χ1n) is 8.75. The lowest BCUT2D eigenvalue weighted by molar-refractivity contribution is -0.149. The molecule has 7 heteroatoms. The van der Waals surface area contributed by atoms with Crippen LogP contribution in [0.5, 0.6) is 0 Å². The number of carboxylic acids is 1. The van der Waals surface area contributed by atoms with Gasteiger partial charge in [0.2, 0.25) is 5.91 Å². The monoisotopic (exact) mass is 347 g/mol. The number of carbonyl (C=O) groups excluding carboxylic acids is 2. The summed E-state index contributed by atoms with van der Waals surface area (Å²) in [5.41, 5.74) is 1.30.